The van der Waals surface area contributed by atoms with E-state index in [1.54, 1.807) is 6.07 Å². The number of guanidine groups is 1. The van der Waals surface area contributed by atoms with Crippen molar-refractivity contribution in [2.45, 2.75) is 26.4 Å². The second kappa shape index (κ2) is 10.6. The summed E-state index contributed by atoms with van der Waals surface area (Å²) < 4.78 is 5.84. The van der Waals surface area contributed by atoms with Crippen molar-refractivity contribution in [1.82, 2.24) is 15.6 Å². The van der Waals surface area contributed by atoms with Crippen LogP contribution in [0, 0.1) is 0 Å². The van der Waals surface area contributed by atoms with E-state index in [0.29, 0.717) is 11.6 Å². The molecular weight excluding hydrogens is 336 g/mol. The van der Waals surface area contributed by atoms with Crippen molar-refractivity contribution in [3.05, 3.63) is 59.4 Å². The molecule has 2 aromatic rings. The monoisotopic (exact) mass is 360 g/mol. The number of nitrogens with one attached hydrogen (secondary N) is 2. The van der Waals surface area contributed by atoms with E-state index in [4.69, 9.17) is 16.3 Å². The van der Waals surface area contributed by atoms with Crippen LogP contribution in [0.5, 0.6) is 5.75 Å². The van der Waals surface area contributed by atoms with Gasteiger partial charge in [-0.3, -0.25) is 4.98 Å². The van der Waals surface area contributed by atoms with Crippen LogP contribution in [0.4, 0.5) is 0 Å². The zero-order valence-electron chi connectivity index (χ0n) is 14.7. The smallest absolute Gasteiger partial charge is 0.191 e. The summed E-state index contributed by atoms with van der Waals surface area (Å²) in [7, 11) is 0. The van der Waals surface area contributed by atoms with Crippen LogP contribution in [-0.4, -0.2) is 36.7 Å². The van der Waals surface area contributed by atoms with E-state index in [1.165, 1.54) is 0 Å². The molecule has 0 fully saturated rings. The van der Waals surface area contributed by atoms with Crippen molar-refractivity contribution in [3.63, 3.8) is 0 Å². The molecule has 1 atom stereocenters. The van der Waals surface area contributed by atoms with Gasteiger partial charge in [0.1, 0.15) is 11.9 Å². The summed E-state index contributed by atoms with van der Waals surface area (Å²) in [6.45, 7) is 6.15. The average molecular weight is 361 g/mol. The Hall–Kier alpha value is -2.27. The van der Waals surface area contributed by atoms with E-state index in [1.807, 2.05) is 56.4 Å². The van der Waals surface area contributed by atoms with Gasteiger partial charge >= 0.3 is 0 Å². The van der Waals surface area contributed by atoms with Gasteiger partial charge in [0.25, 0.3) is 0 Å². The van der Waals surface area contributed by atoms with E-state index in [9.17, 15) is 0 Å². The van der Waals surface area contributed by atoms with Crippen LogP contribution in [0.2, 0.25) is 5.02 Å². The van der Waals surface area contributed by atoms with Gasteiger partial charge in [0.05, 0.1) is 6.54 Å². The molecule has 0 saturated heterocycles. The summed E-state index contributed by atoms with van der Waals surface area (Å²) in [6.07, 6.45) is 2.60. The highest BCUT2D eigenvalue weighted by atomic mass is 35.5. The predicted octanol–water partition coefficient (Wildman–Crippen LogP) is 3.30. The topological polar surface area (TPSA) is 58.5 Å². The summed E-state index contributed by atoms with van der Waals surface area (Å²) in [6, 6.07) is 13.3. The average Bonchev–Trinajstić information content (AvgIpc) is 2.60. The lowest BCUT2D eigenvalue weighted by Gasteiger charge is -2.15. The first-order valence-electron chi connectivity index (χ1n) is 8.51. The maximum absolute atomic E-state index is 5.97. The Labute approximate surface area is 154 Å². The van der Waals surface area contributed by atoms with E-state index >= 15 is 0 Å². The highest BCUT2D eigenvalue weighted by Crippen LogP contribution is 2.18. The Bertz CT molecular complexity index is 663. The molecule has 0 aliphatic carbocycles. The van der Waals surface area contributed by atoms with Crippen LogP contribution in [-0.2, 0) is 6.42 Å². The molecule has 5 nitrogen and oxygen atoms in total. The molecule has 0 bridgehead atoms. The third kappa shape index (κ3) is 7.44. The molecule has 0 spiro atoms. The third-order valence-electron chi connectivity index (χ3n) is 3.38. The standard InChI is InChI=1S/C19H25ClN4O/c1-3-21-19(23-12-10-17-8-4-5-11-22-17)24-14-15(2)25-18-9-6-7-16(20)13-18/h4-9,11,13,15H,3,10,12,14H2,1-2H3,(H2,21,23,24). The second-order valence-electron chi connectivity index (χ2n) is 5.60. The molecule has 1 aromatic carbocycles. The van der Waals surface area contributed by atoms with E-state index in [0.717, 1.165) is 36.9 Å². The number of ether oxygens (including phenoxy) is 1. The number of aliphatic imine (C=N–C) groups is 1. The fourth-order valence-corrected chi connectivity index (χ4v) is 2.41. The van der Waals surface area contributed by atoms with Crippen molar-refractivity contribution in [2.24, 2.45) is 4.99 Å². The Morgan fingerprint density at radius 3 is 2.84 bits per heavy atom. The van der Waals surface area contributed by atoms with Gasteiger partial charge in [0, 0.05) is 36.4 Å². The highest BCUT2D eigenvalue weighted by molar-refractivity contribution is 6.30. The van der Waals surface area contributed by atoms with Gasteiger partial charge in [-0.25, -0.2) is 4.99 Å². The number of rotatable bonds is 8. The van der Waals surface area contributed by atoms with Crippen LogP contribution in [0.3, 0.4) is 0 Å². The van der Waals surface area contributed by atoms with Crippen molar-refractivity contribution < 1.29 is 4.74 Å². The number of hydrogen-bond acceptors (Lipinski definition) is 3. The summed E-state index contributed by atoms with van der Waals surface area (Å²) in [5.41, 5.74) is 1.06. The van der Waals surface area contributed by atoms with Crippen molar-refractivity contribution in [2.75, 3.05) is 19.6 Å². The lowest BCUT2D eigenvalue weighted by molar-refractivity contribution is 0.230. The molecule has 0 radical (unpaired) electrons. The quantitative estimate of drug-likeness (QED) is 0.560. The van der Waals surface area contributed by atoms with Gasteiger partial charge in [-0.15, -0.1) is 0 Å². The van der Waals surface area contributed by atoms with Gasteiger partial charge in [0.2, 0.25) is 0 Å². The summed E-state index contributed by atoms with van der Waals surface area (Å²) in [5, 5.41) is 7.22. The fraction of sp³-hybridized carbons (Fsp3) is 0.368. The largest absolute Gasteiger partial charge is 0.489 e. The minimum absolute atomic E-state index is 0.0512. The van der Waals surface area contributed by atoms with Crippen LogP contribution >= 0.6 is 11.6 Å². The summed E-state index contributed by atoms with van der Waals surface area (Å²) >= 11 is 5.97. The van der Waals surface area contributed by atoms with E-state index in [-0.39, 0.29) is 6.10 Å². The van der Waals surface area contributed by atoms with Crippen LogP contribution in [0.1, 0.15) is 19.5 Å². The maximum atomic E-state index is 5.97. The molecule has 0 aliphatic rings. The minimum Gasteiger partial charge on any atom is -0.489 e. The Morgan fingerprint density at radius 1 is 1.24 bits per heavy atom. The van der Waals surface area contributed by atoms with Crippen LogP contribution < -0.4 is 15.4 Å². The van der Waals surface area contributed by atoms with Gasteiger partial charge in [-0.2, -0.15) is 0 Å². The van der Waals surface area contributed by atoms with Crippen molar-refractivity contribution in [1.29, 1.82) is 0 Å². The summed E-state index contributed by atoms with van der Waals surface area (Å²) in [5.74, 6) is 1.53. The molecule has 2 N–H and O–H groups in total. The number of halogens is 1. The van der Waals surface area contributed by atoms with Gasteiger partial charge < -0.3 is 15.4 Å². The van der Waals surface area contributed by atoms with Gasteiger partial charge in [0.15, 0.2) is 5.96 Å². The number of pyridine rings is 1. The van der Waals surface area contributed by atoms with E-state index < -0.39 is 0 Å². The summed E-state index contributed by atoms with van der Waals surface area (Å²) in [4.78, 5) is 8.90. The fourth-order valence-electron chi connectivity index (χ4n) is 2.23. The normalized spacial score (nSPS) is 12.5. The molecule has 0 amide bonds. The van der Waals surface area contributed by atoms with Gasteiger partial charge in [-0.05, 0) is 44.2 Å². The molecular formula is C19H25ClN4O. The molecule has 0 aliphatic heterocycles. The zero-order valence-corrected chi connectivity index (χ0v) is 15.5. The Kier molecular flexibility index (Phi) is 8.05. The minimum atomic E-state index is -0.0512. The highest BCUT2D eigenvalue weighted by Gasteiger charge is 2.05. The predicted molar refractivity (Wildman–Crippen MR) is 103 cm³/mol. The molecule has 1 aromatic heterocycles. The number of aromatic nitrogens is 1. The van der Waals surface area contributed by atoms with Crippen molar-refractivity contribution >= 4 is 17.6 Å². The SMILES string of the molecule is CCNC(=NCC(C)Oc1cccc(Cl)c1)NCCc1ccccn1. The Balaban J connectivity index is 1.81. The number of hydrogen-bond donors (Lipinski definition) is 2. The molecule has 6 heteroatoms. The van der Waals surface area contributed by atoms with Crippen molar-refractivity contribution in [3.8, 4) is 5.75 Å². The second-order valence-corrected chi connectivity index (χ2v) is 6.04. The molecule has 2 rings (SSSR count). The van der Waals surface area contributed by atoms with Gasteiger partial charge in [-0.1, -0.05) is 23.7 Å². The zero-order chi connectivity index (χ0) is 17.9. The molecule has 1 unspecified atom stereocenters. The molecule has 134 valence electrons. The molecule has 1 heterocycles. The maximum Gasteiger partial charge on any atom is 0.191 e. The number of benzene rings is 1. The first-order valence-corrected chi connectivity index (χ1v) is 8.89. The Morgan fingerprint density at radius 2 is 2.12 bits per heavy atom. The molecule has 0 saturated carbocycles. The van der Waals surface area contributed by atoms with Crippen LogP contribution in [0.15, 0.2) is 53.7 Å². The lowest BCUT2D eigenvalue weighted by Crippen LogP contribution is -2.39. The number of nitrogens with zero attached hydrogens (tertiary/aromatic N) is 2. The third-order valence-corrected chi connectivity index (χ3v) is 3.62. The molecule has 25 heavy (non-hydrogen) atoms. The lowest BCUT2D eigenvalue weighted by atomic mass is 10.3. The first-order chi connectivity index (χ1) is 12.2. The van der Waals surface area contributed by atoms with E-state index in [2.05, 4.69) is 20.6 Å². The van der Waals surface area contributed by atoms with Crippen LogP contribution in [0.25, 0.3) is 0 Å². The first kappa shape index (κ1) is 19.1.